The third kappa shape index (κ3) is 4.82. The van der Waals surface area contributed by atoms with Gasteiger partial charge in [-0.1, -0.05) is 147 Å². The van der Waals surface area contributed by atoms with Crippen molar-refractivity contribution in [1.29, 1.82) is 0 Å². The molecule has 4 nitrogen and oxygen atoms in total. The van der Waals surface area contributed by atoms with E-state index in [4.69, 9.17) is 9.97 Å². The van der Waals surface area contributed by atoms with Gasteiger partial charge in [-0.25, -0.2) is 9.97 Å². The van der Waals surface area contributed by atoms with Gasteiger partial charge in [-0.15, -0.1) is 0 Å². The Morgan fingerprint density at radius 3 is 1.72 bits per heavy atom. The van der Waals surface area contributed by atoms with Crippen LogP contribution in [0.5, 0.6) is 0 Å². The second kappa shape index (κ2) is 12.6. The molecule has 9 aromatic carbocycles. The lowest BCUT2D eigenvalue weighted by Gasteiger charge is -2.25. The molecule has 286 valence electrons. The van der Waals surface area contributed by atoms with E-state index < -0.39 is 0 Å². The second-order valence-electron chi connectivity index (χ2n) is 16.9. The summed E-state index contributed by atoms with van der Waals surface area (Å²) in [7, 11) is 0. The maximum atomic E-state index is 5.45. The molecule has 3 aromatic heterocycles. The van der Waals surface area contributed by atoms with E-state index in [1.54, 1.807) is 0 Å². The van der Waals surface area contributed by atoms with Crippen molar-refractivity contribution in [1.82, 2.24) is 19.1 Å². The van der Waals surface area contributed by atoms with Gasteiger partial charge in [0.2, 0.25) is 0 Å². The van der Waals surface area contributed by atoms with E-state index in [1.165, 1.54) is 71.3 Å². The quantitative estimate of drug-likeness (QED) is 0.178. The molecule has 0 fully saturated rings. The van der Waals surface area contributed by atoms with E-state index in [1.807, 2.05) is 12.1 Å². The lowest BCUT2D eigenvalue weighted by molar-refractivity contribution is 0.662. The number of para-hydroxylation sites is 5. The van der Waals surface area contributed by atoms with E-state index in [-0.39, 0.29) is 5.41 Å². The number of aromatic nitrogens is 4. The highest BCUT2D eigenvalue weighted by Gasteiger charge is 2.38. The van der Waals surface area contributed by atoms with Crippen molar-refractivity contribution in [2.45, 2.75) is 19.3 Å². The van der Waals surface area contributed by atoms with Crippen LogP contribution in [0.15, 0.2) is 194 Å². The Morgan fingerprint density at radius 2 is 0.967 bits per heavy atom. The van der Waals surface area contributed by atoms with Crippen LogP contribution in [0.3, 0.4) is 0 Å². The van der Waals surface area contributed by atoms with E-state index in [2.05, 4.69) is 205 Å². The van der Waals surface area contributed by atoms with Crippen LogP contribution >= 0.6 is 0 Å². The van der Waals surface area contributed by atoms with Crippen LogP contribution in [0, 0.1) is 0 Å². The van der Waals surface area contributed by atoms with Crippen molar-refractivity contribution in [2.75, 3.05) is 0 Å². The zero-order chi connectivity index (χ0) is 40.4. The van der Waals surface area contributed by atoms with Crippen molar-refractivity contribution < 1.29 is 0 Å². The lowest BCUT2D eigenvalue weighted by atomic mass is 9.79. The Labute approximate surface area is 352 Å². The summed E-state index contributed by atoms with van der Waals surface area (Å²) in [6.45, 7) is 4.68. The van der Waals surface area contributed by atoms with Crippen LogP contribution in [-0.4, -0.2) is 19.1 Å². The molecule has 12 aromatic rings. The summed E-state index contributed by atoms with van der Waals surface area (Å²) in [5.74, 6) is 0. The molecular weight excluding hydrogens is 741 g/mol. The van der Waals surface area contributed by atoms with E-state index in [9.17, 15) is 0 Å². The smallest absolute Gasteiger partial charge is 0.0976 e. The highest BCUT2D eigenvalue weighted by molar-refractivity contribution is 6.16. The minimum atomic E-state index is -0.206. The van der Waals surface area contributed by atoms with E-state index >= 15 is 0 Å². The maximum Gasteiger partial charge on any atom is 0.0976 e. The van der Waals surface area contributed by atoms with Crippen molar-refractivity contribution >= 4 is 65.4 Å². The van der Waals surface area contributed by atoms with Crippen LogP contribution in [0.2, 0.25) is 0 Å². The molecular formula is C57H38N4. The maximum absolute atomic E-state index is 5.45. The molecule has 3 heterocycles. The van der Waals surface area contributed by atoms with Crippen molar-refractivity contribution in [3.05, 3.63) is 205 Å². The standard InChI is InChI=1S/C57H38N4/c1-57(2)46-25-7-3-19-38(46)42-23-15-24-43(54(42)57)56-55(58-47-26-8-9-27-48(47)59-56)36-17-13-18-37(32-36)60-49-28-10-6-22-41(49)45-34-44-35(33-53(45)60)16-14-31-52(44)61-50-29-11-4-20-39(50)40-21-5-12-30-51(40)61/h3-34H,1-2H3. The third-order valence-electron chi connectivity index (χ3n) is 13.3. The molecule has 1 aliphatic rings. The lowest BCUT2D eigenvalue weighted by Crippen LogP contribution is -2.16. The number of nitrogens with zero attached hydrogens (tertiary/aromatic N) is 4. The Kier molecular flexibility index (Phi) is 7.04. The van der Waals surface area contributed by atoms with Crippen molar-refractivity contribution in [3.8, 4) is 45.0 Å². The van der Waals surface area contributed by atoms with Crippen LogP contribution in [0.25, 0.3) is 110 Å². The van der Waals surface area contributed by atoms with Crippen molar-refractivity contribution in [3.63, 3.8) is 0 Å². The topological polar surface area (TPSA) is 35.6 Å². The first-order chi connectivity index (χ1) is 30.0. The normalized spacial score (nSPS) is 13.2. The Bertz CT molecular complexity index is 3750. The molecule has 4 heteroatoms. The van der Waals surface area contributed by atoms with Gasteiger partial charge < -0.3 is 9.13 Å². The highest BCUT2D eigenvalue weighted by Crippen LogP contribution is 2.53. The predicted octanol–water partition coefficient (Wildman–Crippen LogP) is 14.6. The molecule has 0 spiro atoms. The van der Waals surface area contributed by atoms with Gasteiger partial charge >= 0.3 is 0 Å². The van der Waals surface area contributed by atoms with Crippen LogP contribution in [0.1, 0.15) is 25.0 Å². The predicted molar refractivity (Wildman–Crippen MR) is 254 cm³/mol. The fourth-order valence-electron chi connectivity index (χ4n) is 10.6. The molecule has 0 saturated heterocycles. The number of hydrogen-bond acceptors (Lipinski definition) is 2. The number of fused-ring (bicyclic) bond motifs is 11. The summed E-state index contributed by atoms with van der Waals surface area (Å²) in [5, 5.41) is 7.37. The van der Waals surface area contributed by atoms with Gasteiger partial charge in [-0.05, 0) is 88.3 Å². The van der Waals surface area contributed by atoms with Gasteiger partial charge in [0.05, 0.1) is 50.2 Å². The summed E-state index contributed by atoms with van der Waals surface area (Å²) in [6.07, 6.45) is 0. The molecule has 0 saturated carbocycles. The van der Waals surface area contributed by atoms with Gasteiger partial charge in [0.15, 0.2) is 0 Å². The van der Waals surface area contributed by atoms with Crippen LogP contribution in [0.4, 0.5) is 0 Å². The Morgan fingerprint density at radius 1 is 0.393 bits per heavy atom. The fraction of sp³-hybridized carbons (Fsp3) is 0.0526. The van der Waals surface area contributed by atoms with Gasteiger partial charge in [0.25, 0.3) is 0 Å². The van der Waals surface area contributed by atoms with E-state index in [0.29, 0.717) is 0 Å². The number of hydrogen-bond donors (Lipinski definition) is 0. The molecule has 0 unspecified atom stereocenters. The van der Waals surface area contributed by atoms with E-state index in [0.717, 1.165) is 50.3 Å². The van der Waals surface area contributed by atoms with Gasteiger partial charge in [-0.3, -0.25) is 0 Å². The first kappa shape index (κ1) is 34.1. The number of rotatable bonds is 4. The summed E-state index contributed by atoms with van der Waals surface area (Å²) >= 11 is 0. The zero-order valence-corrected chi connectivity index (χ0v) is 33.8. The average Bonchev–Trinajstić information content (AvgIpc) is 3.90. The van der Waals surface area contributed by atoms with Crippen molar-refractivity contribution in [2.24, 2.45) is 0 Å². The molecule has 0 aliphatic heterocycles. The molecule has 0 radical (unpaired) electrons. The SMILES string of the molecule is CC1(C)c2ccccc2-c2cccc(-c3nc4ccccc4nc3-c3cccc(-n4c5ccccc5c5cc6c(-n7c8ccccc8c8ccccc87)cccc6cc54)c3)c21. The largest absolute Gasteiger partial charge is 0.309 e. The Hall–Kier alpha value is -7.82. The minimum absolute atomic E-state index is 0.206. The fourth-order valence-corrected chi connectivity index (χ4v) is 10.6. The molecule has 0 bridgehead atoms. The number of benzene rings is 9. The molecule has 0 atom stereocenters. The molecule has 13 rings (SSSR count). The van der Waals surface area contributed by atoms with Gasteiger partial charge in [0.1, 0.15) is 0 Å². The monoisotopic (exact) mass is 778 g/mol. The molecule has 61 heavy (non-hydrogen) atoms. The van der Waals surface area contributed by atoms with Crippen LogP contribution in [-0.2, 0) is 5.41 Å². The zero-order valence-electron chi connectivity index (χ0n) is 33.8. The minimum Gasteiger partial charge on any atom is -0.309 e. The third-order valence-corrected chi connectivity index (χ3v) is 13.3. The summed E-state index contributed by atoms with van der Waals surface area (Å²) in [4.78, 5) is 10.9. The second-order valence-corrected chi connectivity index (χ2v) is 16.9. The molecule has 0 N–H and O–H groups in total. The average molecular weight is 779 g/mol. The van der Waals surface area contributed by atoms with Crippen LogP contribution < -0.4 is 0 Å². The highest BCUT2D eigenvalue weighted by atomic mass is 15.0. The van der Waals surface area contributed by atoms with Gasteiger partial charge in [0, 0.05) is 49.2 Å². The summed E-state index contributed by atoms with van der Waals surface area (Å²) in [6, 6.07) is 70.4. The summed E-state index contributed by atoms with van der Waals surface area (Å²) < 4.78 is 4.86. The molecule has 0 amide bonds. The first-order valence-electron chi connectivity index (χ1n) is 21.1. The first-order valence-corrected chi connectivity index (χ1v) is 21.1. The summed E-state index contributed by atoms with van der Waals surface area (Å²) in [5.41, 5.74) is 17.7. The molecule has 1 aliphatic carbocycles. The van der Waals surface area contributed by atoms with Gasteiger partial charge in [-0.2, -0.15) is 0 Å². The Balaban J connectivity index is 1.04.